The van der Waals surface area contributed by atoms with E-state index in [0.717, 1.165) is 36.9 Å². The number of aromatic nitrogens is 1. The lowest BCUT2D eigenvalue weighted by Crippen LogP contribution is -2.32. The summed E-state index contributed by atoms with van der Waals surface area (Å²) in [5.74, 6) is -0.844. The first-order valence-electron chi connectivity index (χ1n) is 8.20. The van der Waals surface area contributed by atoms with Gasteiger partial charge < -0.3 is 19.4 Å². The first-order chi connectivity index (χ1) is 11.9. The average Bonchev–Trinajstić information content (AvgIpc) is 2.94. The minimum Gasteiger partial charge on any atom is -0.478 e. The lowest BCUT2D eigenvalue weighted by atomic mass is 9.95. The van der Waals surface area contributed by atoms with Crippen molar-refractivity contribution in [2.24, 2.45) is 0 Å². The van der Waals surface area contributed by atoms with Crippen molar-refractivity contribution in [3.63, 3.8) is 0 Å². The monoisotopic (exact) mass is 344 g/mol. The molecule has 0 unspecified atom stereocenters. The van der Waals surface area contributed by atoms with Crippen molar-refractivity contribution >= 4 is 11.9 Å². The van der Waals surface area contributed by atoms with Crippen LogP contribution in [0.2, 0.25) is 0 Å². The number of carbonyl (C=O) groups excluding carboxylic acids is 1. The number of aromatic carboxylic acids is 1. The number of rotatable bonds is 4. The van der Waals surface area contributed by atoms with Crippen molar-refractivity contribution in [3.8, 4) is 0 Å². The Labute approximate surface area is 144 Å². The molecule has 0 saturated heterocycles. The van der Waals surface area contributed by atoms with Crippen molar-refractivity contribution in [2.75, 3.05) is 7.05 Å². The minimum atomic E-state index is -1.08. The summed E-state index contributed by atoms with van der Waals surface area (Å²) in [6.45, 7) is 1.65. The lowest BCUT2D eigenvalue weighted by molar-refractivity contribution is 0.0694. The number of carboxylic acids is 1. The molecule has 7 nitrogen and oxygen atoms in total. The van der Waals surface area contributed by atoms with E-state index in [4.69, 9.17) is 9.52 Å². The third kappa shape index (κ3) is 3.35. The third-order valence-electron chi connectivity index (χ3n) is 4.51. The summed E-state index contributed by atoms with van der Waals surface area (Å²) in [5.41, 5.74) is 1.72. The van der Waals surface area contributed by atoms with Crippen LogP contribution in [0.4, 0.5) is 0 Å². The van der Waals surface area contributed by atoms with Crippen LogP contribution in [0.1, 0.15) is 56.3 Å². The zero-order chi connectivity index (χ0) is 18.1. The number of aryl methyl sites for hydroxylation is 3. The number of H-pyrrole nitrogens is 1. The molecule has 0 radical (unpaired) electrons. The predicted molar refractivity (Wildman–Crippen MR) is 89.9 cm³/mol. The first kappa shape index (κ1) is 17.0. The maximum atomic E-state index is 12.6. The molecule has 1 aliphatic carbocycles. The number of nitrogens with zero attached hydrogens (tertiary/aromatic N) is 1. The van der Waals surface area contributed by atoms with Gasteiger partial charge in [0.1, 0.15) is 22.6 Å². The molecule has 25 heavy (non-hydrogen) atoms. The van der Waals surface area contributed by atoms with Gasteiger partial charge in [0.25, 0.3) is 11.5 Å². The van der Waals surface area contributed by atoms with E-state index < -0.39 is 11.9 Å². The van der Waals surface area contributed by atoms with Gasteiger partial charge in [-0.15, -0.1) is 0 Å². The fourth-order valence-corrected chi connectivity index (χ4v) is 3.18. The van der Waals surface area contributed by atoms with Crippen LogP contribution in [0, 0.1) is 6.92 Å². The Morgan fingerprint density at radius 2 is 1.96 bits per heavy atom. The highest BCUT2D eigenvalue weighted by Gasteiger charge is 2.21. The van der Waals surface area contributed by atoms with Crippen LogP contribution in [-0.4, -0.2) is 33.9 Å². The summed E-state index contributed by atoms with van der Waals surface area (Å²) in [6.07, 6.45) is 3.78. The van der Waals surface area contributed by atoms with Gasteiger partial charge in [0.15, 0.2) is 0 Å². The van der Waals surface area contributed by atoms with Crippen molar-refractivity contribution in [3.05, 3.63) is 56.4 Å². The zero-order valence-corrected chi connectivity index (χ0v) is 14.2. The molecular weight excluding hydrogens is 324 g/mol. The largest absolute Gasteiger partial charge is 0.478 e. The van der Waals surface area contributed by atoms with Crippen LogP contribution in [0.5, 0.6) is 0 Å². The number of hydrogen-bond acceptors (Lipinski definition) is 4. The first-order valence-corrected chi connectivity index (χ1v) is 8.20. The Kier molecular flexibility index (Phi) is 4.48. The van der Waals surface area contributed by atoms with E-state index in [1.165, 1.54) is 11.0 Å². The van der Waals surface area contributed by atoms with E-state index >= 15 is 0 Å². The molecule has 1 amide bonds. The van der Waals surface area contributed by atoms with E-state index in [9.17, 15) is 14.4 Å². The van der Waals surface area contributed by atoms with Gasteiger partial charge in [-0.25, -0.2) is 4.79 Å². The molecule has 0 aromatic carbocycles. The number of amides is 1. The number of nitrogens with one attached hydrogen (secondary N) is 1. The number of furan rings is 1. The fraction of sp³-hybridized carbons (Fsp3) is 0.389. The summed E-state index contributed by atoms with van der Waals surface area (Å²) < 4.78 is 5.39. The second-order valence-electron chi connectivity index (χ2n) is 6.37. The Balaban J connectivity index is 1.82. The van der Waals surface area contributed by atoms with Crippen LogP contribution in [-0.2, 0) is 19.4 Å². The molecule has 3 rings (SSSR count). The molecular formula is C18H20N2O5. The molecule has 2 N–H and O–H groups in total. The van der Waals surface area contributed by atoms with E-state index in [-0.39, 0.29) is 29.0 Å². The summed E-state index contributed by atoms with van der Waals surface area (Å²) in [7, 11) is 1.56. The number of fused-ring (bicyclic) bond motifs is 1. The highest BCUT2D eigenvalue weighted by molar-refractivity contribution is 5.94. The van der Waals surface area contributed by atoms with Gasteiger partial charge in [0.05, 0.1) is 6.54 Å². The van der Waals surface area contributed by atoms with Crippen LogP contribution in [0.25, 0.3) is 0 Å². The fourth-order valence-electron chi connectivity index (χ4n) is 3.18. The normalized spacial score (nSPS) is 13.4. The van der Waals surface area contributed by atoms with E-state index in [0.29, 0.717) is 5.76 Å². The van der Waals surface area contributed by atoms with Crippen molar-refractivity contribution < 1.29 is 19.1 Å². The Morgan fingerprint density at radius 3 is 2.64 bits per heavy atom. The van der Waals surface area contributed by atoms with Gasteiger partial charge in [0.2, 0.25) is 0 Å². The molecule has 0 aliphatic heterocycles. The average molecular weight is 344 g/mol. The summed E-state index contributed by atoms with van der Waals surface area (Å²) in [6, 6.07) is 3.08. The van der Waals surface area contributed by atoms with Crippen LogP contribution in [0.3, 0.4) is 0 Å². The topological polar surface area (TPSA) is 104 Å². The van der Waals surface area contributed by atoms with Gasteiger partial charge in [-0.05, 0) is 50.3 Å². The smallest absolute Gasteiger partial charge is 0.339 e. The van der Waals surface area contributed by atoms with E-state index in [2.05, 4.69) is 4.98 Å². The molecule has 7 heteroatoms. The Morgan fingerprint density at radius 1 is 1.24 bits per heavy atom. The molecule has 132 valence electrons. The summed E-state index contributed by atoms with van der Waals surface area (Å²) >= 11 is 0. The molecule has 2 aromatic rings. The lowest BCUT2D eigenvalue weighted by Gasteiger charge is -2.19. The maximum Gasteiger partial charge on any atom is 0.339 e. The highest BCUT2D eigenvalue weighted by Crippen LogP contribution is 2.20. The van der Waals surface area contributed by atoms with Gasteiger partial charge >= 0.3 is 5.97 Å². The second kappa shape index (κ2) is 6.58. The minimum absolute atomic E-state index is 0.0717. The molecule has 0 atom stereocenters. The Hall–Kier alpha value is -2.83. The molecule has 2 heterocycles. The number of carboxylic acid groups (broad SMARTS) is 1. The zero-order valence-electron chi connectivity index (χ0n) is 14.2. The number of aromatic amines is 1. The Bertz CT molecular complexity index is 893. The summed E-state index contributed by atoms with van der Waals surface area (Å²) in [4.78, 5) is 40.1. The number of hydrogen-bond donors (Lipinski definition) is 2. The van der Waals surface area contributed by atoms with Gasteiger partial charge in [-0.2, -0.15) is 0 Å². The van der Waals surface area contributed by atoms with Gasteiger partial charge in [-0.1, -0.05) is 0 Å². The molecule has 2 aromatic heterocycles. The quantitative estimate of drug-likeness (QED) is 0.884. The molecule has 0 spiro atoms. The summed E-state index contributed by atoms with van der Waals surface area (Å²) in [5, 5.41) is 9.06. The van der Waals surface area contributed by atoms with Crippen LogP contribution < -0.4 is 5.56 Å². The predicted octanol–water partition coefficient (Wildman–Crippen LogP) is 2.13. The third-order valence-corrected chi connectivity index (χ3v) is 4.51. The van der Waals surface area contributed by atoms with E-state index in [1.807, 2.05) is 0 Å². The number of carbonyl (C=O) groups is 2. The standard InChI is InChI=1S/C18H20N2O5/c1-10-13(18(23)24)8-12(25-10)9-20(2)17(22)14-7-11-5-3-4-6-15(11)19-16(14)21/h7-8H,3-6,9H2,1-2H3,(H,19,21)(H,23,24). The SMILES string of the molecule is Cc1oc(CN(C)C(=O)c2cc3c([nH]c2=O)CCCC3)cc1C(=O)O. The molecule has 0 fully saturated rings. The van der Waals surface area contributed by atoms with Gasteiger partial charge in [0, 0.05) is 12.7 Å². The van der Waals surface area contributed by atoms with Crippen molar-refractivity contribution in [1.29, 1.82) is 0 Å². The highest BCUT2D eigenvalue weighted by atomic mass is 16.4. The second-order valence-corrected chi connectivity index (χ2v) is 6.37. The molecule has 0 saturated carbocycles. The van der Waals surface area contributed by atoms with E-state index in [1.54, 1.807) is 20.0 Å². The van der Waals surface area contributed by atoms with Crippen LogP contribution >= 0.6 is 0 Å². The van der Waals surface area contributed by atoms with Crippen molar-refractivity contribution in [2.45, 2.75) is 39.2 Å². The van der Waals surface area contributed by atoms with Crippen molar-refractivity contribution in [1.82, 2.24) is 9.88 Å². The molecule has 1 aliphatic rings. The van der Waals surface area contributed by atoms with Gasteiger partial charge in [-0.3, -0.25) is 9.59 Å². The van der Waals surface area contributed by atoms with Crippen LogP contribution in [0.15, 0.2) is 21.3 Å². The maximum absolute atomic E-state index is 12.6. The molecule has 0 bridgehead atoms. The number of pyridine rings is 1.